The Morgan fingerprint density at radius 2 is 1.12 bits per heavy atom. The molecule has 0 bridgehead atoms. The van der Waals surface area contributed by atoms with Crippen molar-refractivity contribution in [1.29, 1.82) is 0 Å². The van der Waals surface area contributed by atoms with E-state index in [-0.39, 0.29) is 24.3 Å². The first kappa shape index (κ1) is 18.9. The quantitative estimate of drug-likeness (QED) is 0.655. The Bertz CT molecular complexity index is 732. The first-order valence-electron chi connectivity index (χ1n) is 7.54. The number of carboxylic acids is 2. The van der Waals surface area contributed by atoms with Crippen LogP contribution in [0.15, 0.2) is 36.4 Å². The monoisotopic (exact) mass is 362 g/mol. The summed E-state index contributed by atoms with van der Waals surface area (Å²) in [7, 11) is 2.83. The highest BCUT2D eigenvalue weighted by molar-refractivity contribution is 5.89. The van der Waals surface area contributed by atoms with E-state index in [2.05, 4.69) is 0 Å². The summed E-state index contributed by atoms with van der Waals surface area (Å²) >= 11 is 0. The fourth-order valence-corrected chi connectivity index (χ4v) is 2.14. The molecule has 2 N–H and O–H groups in total. The normalized spacial score (nSPS) is 10.1. The van der Waals surface area contributed by atoms with E-state index in [1.807, 2.05) is 0 Å². The van der Waals surface area contributed by atoms with Gasteiger partial charge >= 0.3 is 11.9 Å². The second kappa shape index (κ2) is 8.61. The maximum atomic E-state index is 11.0. The van der Waals surface area contributed by atoms with Crippen LogP contribution in [0.1, 0.15) is 20.7 Å². The van der Waals surface area contributed by atoms with Crippen LogP contribution < -0.4 is 18.9 Å². The van der Waals surface area contributed by atoms with Gasteiger partial charge in [0, 0.05) is 0 Å². The van der Waals surface area contributed by atoms with Crippen molar-refractivity contribution >= 4 is 11.9 Å². The number of carbonyl (C=O) groups is 2. The summed E-state index contributed by atoms with van der Waals surface area (Å²) in [6, 6.07) is 8.57. The molecule has 0 aromatic heterocycles. The Balaban J connectivity index is 1.97. The van der Waals surface area contributed by atoms with Gasteiger partial charge < -0.3 is 29.2 Å². The van der Waals surface area contributed by atoms with Crippen LogP contribution in [-0.4, -0.2) is 49.6 Å². The van der Waals surface area contributed by atoms with E-state index in [9.17, 15) is 9.59 Å². The summed E-state index contributed by atoms with van der Waals surface area (Å²) in [4.78, 5) is 21.9. The standard InChI is InChI=1S/C18H18O8/c1-23-15-9-11(17(19)20)3-5-13(15)25-7-8-26-14-6-4-12(18(21)22)10-16(14)24-2/h3-6,9-10H,7-8H2,1-2H3,(H,19,20)(H,21,22). The van der Waals surface area contributed by atoms with Crippen LogP contribution >= 0.6 is 0 Å². The third-order valence-electron chi connectivity index (χ3n) is 3.42. The van der Waals surface area contributed by atoms with Crippen molar-refractivity contribution in [2.24, 2.45) is 0 Å². The topological polar surface area (TPSA) is 112 Å². The molecule has 0 aliphatic carbocycles. The van der Waals surface area contributed by atoms with E-state index < -0.39 is 11.9 Å². The summed E-state index contributed by atoms with van der Waals surface area (Å²) in [5, 5.41) is 17.9. The van der Waals surface area contributed by atoms with Crippen LogP contribution in [0.4, 0.5) is 0 Å². The van der Waals surface area contributed by atoms with Crippen LogP contribution in [0.2, 0.25) is 0 Å². The molecule has 26 heavy (non-hydrogen) atoms. The number of benzene rings is 2. The molecule has 2 rings (SSSR count). The van der Waals surface area contributed by atoms with Gasteiger partial charge in [0.25, 0.3) is 0 Å². The minimum Gasteiger partial charge on any atom is -0.493 e. The van der Waals surface area contributed by atoms with Gasteiger partial charge in [-0.05, 0) is 36.4 Å². The van der Waals surface area contributed by atoms with Crippen LogP contribution in [0.5, 0.6) is 23.0 Å². The lowest BCUT2D eigenvalue weighted by atomic mass is 10.2. The number of hydrogen-bond donors (Lipinski definition) is 2. The van der Waals surface area contributed by atoms with Crippen molar-refractivity contribution in [3.8, 4) is 23.0 Å². The lowest BCUT2D eigenvalue weighted by Gasteiger charge is -2.13. The Morgan fingerprint density at radius 1 is 0.731 bits per heavy atom. The Labute approximate surface area is 149 Å². The smallest absolute Gasteiger partial charge is 0.335 e. The SMILES string of the molecule is COc1cc(C(=O)O)ccc1OCCOc1ccc(C(=O)O)cc1OC. The molecule has 0 heterocycles. The van der Waals surface area contributed by atoms with Crippen molar-refractivity contribution in [2.45, 2.75) is 0 Å². The maximum absolute atomic E-state index is 11.0. The molecule has 0 fully saturated rings. The highest BCUT2D eigenvalue weighted by atomic mass is 16.5. The molecular formula is C18H18O8. The molecule has 0 saturated carbocycles. The van der Waals surface area contributed by atoms with Crippen molar-refractivity contribution in [3.63, 3.8) is 0 Å². The Hall–Kier alpha value is -3.42. The van der Waals surface area contributed by atoms with E-state index in [0.29, 0.717) is 23.0 Å². The molecule has 0 spiro atoms. The fraction of sp³-hybridized carbons (Fsp3) is 0.222. The van der Waals surface area contributed by atoms with Crippen LogP contribution in [0, 0.1) is 0 Å². The molecular weight excluding hydrogens is 344 g/mol. The van der Waals surface area contributed by atoms with E-state index in [4.69, 9.17) is 29.2 Å². The summed E-state index contributed by atoms with van der Waals surface area (Å²) in [5.41, 5.74) is 0.183. The van der Waals surface area contributed by atoms with Gasteiger partial charge in [0.05, 0.1) is 25.3 Å². The number of ether oxygens (including phenoxy) is 4. The largest absolute Gasteiger partial charge is 0.493 e. The zero-order valence-corrected chi connectivity index (χ0v) is 14.2. The zero-order chi connectivity index (χ0) is 19.1. The molecule has 0 amide bonds. The molecule has 8 nitrogen and oxygen atoms in total. The van der Waals surface area contributed by atoms with Gasteiger partial charge in [0.15, 0.2) is 23.0 Å². The number of hydrogen-bond acceptors (Lipinski definition) is 6. The minimum atomic E-state index is -1.06. The number of aromatic carboxylic acids is 2. The van der Waals surface area contributed by atoms with Gasteiger partial charge in [-0.1, -0.05) is 0 Å². The highest BCUT2D eigenvalue weighted by Gasteiger charge is 2.12. The number of methoxy groups -OCH3 is 2. The average Bonchev–Trinajstić information content (AvgIpc) is 2.64. The number of carboxylic acid groups (broad SMARTS) is 2. The summed E-state index contributed by atoms with van der Waals surface area (Å²) in [6.45, 7) is 0.319. The number of rotatable bonds is 9. The van der Waals surface area contributed by atoms with Crippen molar-refractivity contribution in [1.82, 2.24) is 0 Å². The van der Waals surface area contributed by atoms with Gasteiger partial charge in [0.2, 0.25) is 0 Å². The fourth-order valence-electron chi connectivity index (χ4n) is 2.14. The van der Waals surface area contributed by atoms with Gasteiger partial charge in [-0.25, -0.2) is 9.59 Å². The van der Waals surface area contributed by atoms with Gasteiger partial charge in [-0.15, -0.1) is 0 Å². The molecule has 0 unspecified atom stereocenters. The lowest BCUT2D eigenvalue weighted by molar-refractivity contribution is 0.0685. The second-order valence-corrected chi connectivity index (χ2v) is 5.04. The molecule has 2 aromatic carbocycles. The van der Waals surface area contributed by atoms with Crippen LogP contribution in [0.25, 0.3) is 0 Å². The van der Waals surface area contributed by atoms with Gasteiger partial charge in [-0.2, -0.15) is 0 Å². The Kier molecular flexibility index (Phi) is 6.26. The van der Waals surface area contributed by atoms with Crippen molar-refractivity contribution < 1.29 is 38.7 Å². The molecule has 0 atom stereocenters. The third-order valence-corrected chi connectivity index (χ3v) is 3.42. The summed E-state index contributed by atoms with van der Waals surface area (Å²) in [5.74, 6) is -0.754. The van der Waals surface area contributed by atoms with Crippen molar-refractivity contribution in [2.75, 3.05) is 27.4 Å². The summed E-state index contributed by atoms with van der Waals surface area (Å²) in [6.07, 6.45) is 0. The van der Waals surface area contributed by atoms with Crippen LogP contribution in [-0.2, 0) is 0 Å². The maximum Gasteiger partial charge on any atom is 0.335 e. The van der Waals surface area contributed by atoms with E-state index in [0.717, 1.165) is 0 Å². The third kappa shape index (κ3) is 4.56. The second-order valence-electron chi connectivity index (χ2n) is 5.04. The zero-order valence-electron chi connectivity index (χ0n) is 14.2. The first-order valence-corrected chi connectivity index (χ1v) is 7.54. The molecule has 138 valence electrons. The van der Waals surface area contributed by atoms with Gasteiger partial charge in [-0.3, -0.25) is 0 Å². The highest BCUT2D eigenvalue weighted by Crippen LogP contribution is 2.29. The van der Waals surface area contributed by atoms with E-state index >= 15 is 0 Å². The molecule has 2 aromatic rings. The minimum absolute atomic E-state index is 0.0914. The predicted octanol–water partition coefficient (Wildman–Crippen LogP) is 2.56. The predicted molar refractivity (Wildman–Crippen MR) is 90.9 cm³/mol. The molecule has 0 saturated heterocycles. The first-order chi connectivity index (χ1) is 12.5. The molecule has 0 aliphatic heterocycles. The van der Waals surface area contributed by atoms with Gasteiger partial charge in [0.1, 0.15) is 13.2 Å². The molecule has 0 aliphatic rings. The van der Waals surface area contributed by atoms with Crippen LogP contribution in [0.3, 0.4) is 0 Å². The van der Waals surface area contributed by atoms with E-state index in [1.165, 1.54) is 50.6 Å². The lowest BCUT2D eigenvalue weighted by Crippen LogP contribution is -2.10. The van der Waals surface area contributed by atoms with E-state index in [1.54, 1.807) is 0 Å². The molecule has 0 radical (unpaired) electrons. The summed E-state index contributed by atoms with van der Waals surface area (Å²) < 4.78 is 21.3. The van der Waals surface area contributed by atoms with Crippen molar-refractivity contribution in [3.05, 3.63) is 47.5 Å². The average molecular weight is 362 g/mol. The molecule has 8 heteroatoms. The Morgan fingerprint density at radius 3 is 1.42 bits per heavy atom.